The van der Waals surface area contributed by atoms with Crippen LogP contribution in [0.1, 0.15) is 5.56 Å². The van der Waals surface area contributed by atoms with Crippen molar-refractivity contribution in [3.8, 4) is 11.8 Å². The molecule has 0 bridgehead atoms. The molecule has 0 aromatic carbocycles. The molecule has 0 aliphatic heterocycles. The van der Waals surface area contributed by atoms with E-state index in [0.717, 1.165) is 4.68 Å². The monoisotopic (exact) mass is 229 g/mol. The summed E-state index contributed by atoms with van der Waals surface area (Å²) in [6.07, 6.45) is 0. The van der Waals surface area contributed by atoms with Gasteiger partial charge in [-0.15, -0.1) is 0 Å². The third-order valence-electron chi connectivity index (χ3n) is 1.29. The Kier molecular flexibility index (Phi) is 2.15. The summed E-state index contributed by atoms with van der Waals surface area (Å²) >= 11 is 2.90. The topological polar surface area (TPSA) is 78.9 Å². The zero-order chi connectivity index (χ0) is 9.30. The quantitative estimate of drug-likeness (QED) is 0.686. The van der Waals surface area contributed by atoms with Gasteiger partial charge in [0.15, 0.2) is 15.9 Å². The molecule has 6 heteroatoms. The van der Waals surface area contributed by atoms with E-state index in [-0.39, 0.29) is 10.2 Å². The maximum atomic E-state index is 11.1. The second-order valence-electron chi connectivity index (χ2n) is 2.05. The van der Waals surface area contributed by atoms with E-state index in [2.05, 4.69) is 21.0 Å². The van der Waals surface area contributed by atoms with E-state index >= 15 is 0 Å². The summed E-state index contributed by atoms with van der Waals surface area (Å²) < 4.78 is 1.06. The number of aryl methyl sites for hydroxylation is 1. The Labute approximate surface area is 76.0 Å². The Morgan fingerprint density at radius 3 is 2.83 bits per heavy atom. The molecule has 0 aliphatic rings. The van der Waals surface area contributed by atoms with Crippen LogP contribution in [0.15, 0.2) is 9.40 Å². The lowest BCUT2D eigenvalue weighted by Crippen LogP contribution is -2.22. The Morgan fingerprint density at radius 1 is 1.75 bits per heavy atom. The highest BCUT2D eigenvalue weighted by atomic mass is 79.9. The molecule has 0 spiro atoms. The molecule has 0 saturated carbocycles. The van der Waals surface area contributed by atoms with Crippen molar-refractivity contribution < 1.29 is 5.11 Å². The normalized spacial score (nSPS) is 9.42. The molecule has 0 aliphatic carbocycles. The van der Waals surface area contributed by atoms with Crippen LogP contribution in [0.3, 0.4) is 0 Å². The summed E-state index contributed by atoms with van der Waals surface area (Å²) in [6.45, 7) is 0. The highest BCUT2D eigenvalue weighted by Crippen LogP contribution is 2.21. The van der Waals surface area contributed by atoms with Gasteiger partial charge in [0, 0.05) is 7.05 Å². The van der Waals surface area contributed by atoms with Gasteiger partial charge < -0.3 is 5.11 Å². The van der Waals surface area contributed by atoms with E-state index in [0.29, 0.717) is 0 Å². The summed E-state index contributed by atoms with van der Waals surface area (Å²) in [5.41, 5.74) is -0.919. The highest BCUT2D eigenvalue weighted by molar-refractivity contribution is 9.10. The molecule has 1 rings (SSSR count). The fraction of sp³-hybridized carbons (Fsp3) is 0.167. The number of aromatic hydroxyl groups is 1. The molecule has 1 N–H and O–H groups in total. The van der Waals surface area contributed by atoms with Crippen LogP contribution >= 0.6 is 15.9 Å². The minimum atomic E-state index is -0.613. The molecule has 0 amide bonds. The van der Waals surface area contributed by atoms with Crippen LogP contribution in [0, 0.1) is 11.3 Å². The van der Waals surface area contributed by atoms with E-state index in [1.807, 2.05) is 0 Å². The van der Waals surface area contributed by atoms with E-state index in [1.54, 1.807) is 6.07 Å². The summed E-state index contributed by atoms with van der Waals surface area (Å²) in [4.78, 5) is 11.1. The van der Waals surface area contributed by atoms with Crippen LogP contribution < -0.4 is 5.56 Å². The van der Waals surface area contributed by atoms with Gasteiger partial charge in [0.05, 0.1) is 0 Å². The van der Waals surface area contributed by atoms with Crippen molar-refractivity contribution in [3.63, 3.8) is 0 Å². The largest absolute Gasteiger partial charge is 0.504 e. The summed E-state index contributed by atoms with van der Waals surface area (Å²) in [5, 5.41) is 21.2. The van der Waals surface area contributed by atoms with Crippen LogP contribution in [-0.4, -0.2) is 14.9 Å². The molecule has 0 saturated heterocycles. The van der Waals surface area contributed by atoms with Gasteiger partial charge in [-0.2, -0.15) is 10.4 Å². The lowest BCUT2D eigenvalue weighted by Gasteiger charge is -2.00. The Balaban J connectivity index is 3.68. The molecule has 0 radical (unpaired) electrons. The van der Waals surface area contributed by atoms with Crippen molar-refractivity contribution >= 4 is 15.9 Å². The number of aromatic nitrogens is 2. The van der Waals surface area contributed by atoms with Gasteiger partial charge in [0.1, 0.15) is 6.07 Å². The molecular formula is C6H4BrN3O2. The summed E-state index contributed by atoms with van der Waals surface area (Å²) in [6, 6.07) is 1.59. The van der Waals surface area contributed by atoms with Crippen molar-refractivity contribution in [2.75, 3.05) is 0 Å². The second kappa shape index (κ2) is 2.95. The fourth-order valence-electron chi connectivity index (χ4n) is 0.691. The summed E-state index contributed by atoms with van der Waals surface area (Å²) in [5.74, 6) is -0.416. The number of halogens is 1. The molecule has 1 heterocycles. The van der Waals surface area contributed by atoms with Crippen LogP contribution in [-0.2, 0) is 7.05 Å². The van der Waals surface area contributed by atoms with E-state index < -0.39 is 11.3 Å². The van der Waals surface area contributed by atoms with Crippen LogP contribution in [0.25, 0.3) is 0 Å². The predicted octanol–water partition coefficient (Wildman–Crippen LogP) is 0.120. The van der Waals surface area contributed by atoms with Gasteiger partial charge in [-0.3, -0.25) is 4.79 Å². The smallest absolute Gasteiger partial charge is 0.288 e. The molecule has 1 aromatic heterocycles. The number of nitrogens with zero attached hydrogens (tertiary/aromatic N) is 3. The maximum absolute atomic E-state index is 11.1. The first-order valence-corrected chi connectivity index (χ1v) is 3.73. The number of nitriles is 1. The minimum Gasteiger partial charge on any atom is -0.504 e. The van der Waals surface area contributed by atoms with Crippen LogP contribution in [0.2, 0.25) is 0 Å². The fourth-order valence-corrected chi connectivity index (χ4v) is 1.13. The zero-order valence-electron chi connectivity index (χ0n) is 6.08. The first-order valence-electron chi connectivity index (χ1n) is 2.93. The van der Waals surface area contributed by atoms with Gasteiger partial charge in [0.25, 0.3) is 5.56 Å². The van der Waals surface area contributed by atoms with E-state index in [4.69, 9.17) is 10.4 Å². The van der Waals surface area contributed by atoms with Crippen molar-refractivity contribution in [2.45, 2.75) is 0 Å². The predicted molar refractivity (Wildman–Crippen MR) is 43.6 cm³/mol. The van der Waals surface area contributed by atoms with Crippen LogP contribution in [0.5, 0.6) is 5.75 Å². The van der Waals surface area contributed by atoms with Crippen molar-refractivity contribution in [2.24, 2.45) is 7.05 Å². The zero-order valence-corrected chi connectivity index (χ0v) is 7.66. The standard InChI is InChI=1S/C6H4BrN3O2/c1-10-6(12)3(2-8)4(11)5(7)9-10/h11H,1H3. The van der Waals surface area contributed by atoms with Crippen molar-refractivity contribution in [3.05, 3.63) is 20.5 Å². The van der Waals surface area contributed by atoms with Crippen molar-refractivity contribution in [1.29, 1.82) is 5.26 Å². The Morgan fingerprint density at radius 2 is 2.33 bits per heavy atom. The second-order valence-corrected chi connectivity index (χ2v) is 2.81. The minimum absolute atomic E-state index is 0.0844. The van der Waals surface area contributed by atoms with Gasteiger partial charge in [-0.05, 0) is 15.9 Å². The number of hydrogen-bond acceptors (Lipinski definition) is 4. The Hall–Kier alpha value is -1.35. The first kappa shape index (κ1) is 8.74. The molecule has 0 fully saturated rings. The number of hydrogen-bond donors (Lipinski definition) is 1. The average molecular weight is 230 g/mol. The van der Waals surface area contributed by atoms with Crippen molar-refractivity contribution in [1.82, 2.24) is 9.78 Å². The first-order chi connectivity index (χ1) is 5.57. The van der Waals surface area contributed by atoms with E-state index in [9.17, 15) is 4.79 Å². The van der Waals surface area contributed by atoms with Gasteiger partial charge in [0.2, 0.25) is 0 Å². The van der Waals surface area contributed by atoms with E-state index in [1.165, 1.54) is 7.05 Å². The number of rotatable bonds is 0. The Bertz CT molecular complexity index is 418. The van der Waals surface area contributed by atoms with Gasteiger partial charge in [-0.25, -0.2) is 4.68 Å². The van der Waals surface area contributed by atoms with Gasteiger partial charge in [-0.1, -0.05) is 0 Å². The maximum Gasteiger partial charge on any atom is 0.288 e. The molecule has 62 valence electrons. The lowest BCUT2D eigenvalue weighted by molar-refractivity contribution is 0.457. The third kappa shape index (κ3) is 1.19. The molecule has 0 atom stereocenters. The highest BCUT2D eigenvalue weighted by Gasteiger charge is 2.12. The molecule has 5 nitrogen and oxygen atoms in total. The van der Waals surface area contributed by atoms with Crippen LogP contribution in [0.4, 0.5) is 0 Å². The SMILES string of the molecule is Cn1nc(Br)c(O)c(C#N)c1=O. The average Bonchev–Trinajstić information content (AvgIpc) is 2.02. The molecule has 0 unspecified atom stereocenters. The molecule has 12 heavy (non-hydrogen) atoms. The lowest BCUT2D eigenvalue weighted by atomic mass is 10.3. The molecular weight excluding hydrogens is 226 g/mol. The third-order valence-corrected chi connectivity index (χ3v) is 1.82. The summed E-state index contributed by atoms with van der Waals surface area (Å²) in [7, 11) is 1.40. The van der Waals surface area contributed by atoms with Gasteiger partial charge >= 0.3 is 0 Å². The molecule has 1 aromatic rings.